The van der Waals surface area contributed by atoms with Gasteiger partial charge in [0.15, 0.2) is 5.78 Å². The third-order valence-electron chi connectivity index (χ3n) is 2.61. The van der Waals surface area contributed by atoms with Crippen LogP contribution in [-0.2, 0) is 0 Å². The Labute approximate surface area is 118 Å². The Morgan fingerprint density at radius 1 is 1.22 bits per heavy atom. The minimum Gasteiger partial charge on any atom is -0.289 e. The molecular weight excluding hydrogens is 319 g/mol. The first-order valence-corrected chi connectivity index (χ1v) is 6.42. The van der Waals surface area contributed by atoms with Gasteiger partial charge in [-0.1, -0.05) is 27.5 Å². The van der Waals surface area contributed by atoms with Crippen molar-refractivity contribution in [3.8, 4) is 0 Å². The molecule has 0 aliphatic heterocycles. The number of rotatable bonds is 2. The number of benzene rings is 2. The highest BCUT2D eigenvalue weighted by Crippen LogP contribution is 2.21. The van der Waals surface area contributed by atoms with Crippen LogP contribution in [0.15, 0.2) is 40.9 Å². The molecule has 2 rings (SSSR count). The van der Waals surface area contributed by atoms with Gasteiger partial charge in [0, 0.05) is 15.6 Å². The fourth-order valence-electron chi connectivity index (χ4n) is 1.67. The SMILES string of the molecule is Cc1cc(Br)ccc1C(=O)c1ccc(Cl)c(F)c1. The van der Waals surface area contributed by atoms with Crippen LogP contribution in [0, 0.1) is 12.7 Å². The van der Waals surface area contributed by atoms with Crippen molar-refractivity contribution in [3.63, 3.8) is 0 Å². The lowest BCUT2D eigenvalue weighted by atomic mass is 9.99. The molecule has 0 amide bonds. The van der Waals surface area contributed by atoms with E-state index in [0.29, 0.717) is 11.1 Å². The lowest BCUT2D eigenvalue weighted by Gasteiger charge is -2.06. The summed E-state index contributed by atoms with van der Waals surface area (Å²) in [6.07, 6.45) is 0. The Morgan fingerprint density at radius 3 is 2.56 bits per heavy atom. The van der Waals surface area contributed by atoms with Gasteiger partial charge in [-0.3, -0.25) is 4.79 Å². The molecule has 0 aliphatic rings. The summed E-state index contributed by atoms with van der Waals surface area (Å²) in [6.45, 7) is 1.84. The smallest absolute Gasteiger partial charge is 0.193 e. The number of halogens is 3. The molecule has 18 heavy (non-hydrogen) atoms. The minimum atomic E-state index is -0.586. The fraction of sp³-hybridized carbons (Fsp3) is 0.0714. The van der Waals surface area contributed by atoms with Crippen LogP contribution in [0.5, 0.6) is 0 Å². The summed E-state index contributed by atoms with van der Waals surface area (Å²) in [5, 5.41) is 0.0130. The number of carbonyl (C=O) groups excluding carboxylic acids is 1. The number of hydrogen-bond donors (Lipinski definition) is 0. The van der Waals surface area contributed by atoms with Crippen molar-refractivity contribution in [2.45, 2.75) is 6.92 Å². The molecule has 92 valence electrons. The summed E-state index contributed by atoms with van der Waals surface area (Å²) >= 11 is 8.92. The quantitative estimate of drug-likeness (QED) is 0.725. The molecule has 0 unspecified atom stereocenters. The van der Waals surface area contributed by atoms with E-state index >= 15 is 0 Å². The van der Waals surface area contributed by atoms with Crippen LogP contribution in [0.25, 0.3) is 0 Å². The van der Waals surface area contributed by atoms with E-state index in [0.717, 1.165) is 16.1 Å². The van der Waals surface area contributed by atoms with E-state index in [1.165, 1.54) is 12.1 Å². The van der Waals surface area contributed by atoms with Gasteiger partial charge in [-0.2, -0.15) is 0 Å². The summed E-state index contributed by atoms with van der Waals surface area (Å²) in [7, 11) is 0. The van der Waals surface area contributed by atoms with Crippen LogP contribution < -0.4 is 0 Å². The van der Waals surface area contributed by atoms with Crippen LogP contribution in [0.3, 0.4) is 0 Å². The summed E-state index contributed by atoms with van der Waals surface area (Å²) in [5.41, 5.74) is 1.69. The highest BCUT2D eigenvalue weighted by atomic mass is 79.9. The van der Waals surface area contributed by atoms with Gasteiger partial charge in [0.25, 0.3) is 0 Å². The average Bonchev–Trinajstić information content (AvgIpc) is 2.32. The largest absolute Gasteiger partial charge is 0.289 e. The maximum absolute atomic E-state index is 13.3. The molecule has 2 aromatic rings. The molecule has 0 saturated carbocycles. The maximum Gasteiger partial charge on any atom is 0.193 e. The fourth-order valence-corrected chi connectivity index (χ4v) is 2.27. The number of hydrogen-bond acceptors (Lipinski definition) is 1. The van der Waals surface area contributed by atoms with Crippen molar-refractivity contribution >= 4 is 33.3 Å². The van der Waals surface area contributed by atoms with E-state index in [9.17, 15) is 9.18 Å². The van der Waals surface area contributed by atoms with Crippen LogP contribution in [0.4, 0.5) is 4.39 Å². The molecule has 0 bridgehead atoms. The van der Waals surface area contributed by atoms with Crippen LogP contribution in [-0.4, -0.2) is 5.78 Å². The topological polar surface area (TPSA) is 17.1 Å². The molecular formula is C14H9BrClFO. The van der Waals surface area contributed by atoms with Gasteiger partial charge in [-0.15, -0.1) is 0 Å². The van der Waals surface area contributed by atoms with Gasteiger partial charge < -0.3 is 0 Å². The van der Waals surface area contributed by atoms with Crippen LogP contribution in [0.2, 0.25) is 5.02 Å². The van der Waals surface area contributed by atoms with Crippen molar-refractivity contribution in [3.05, 3.63) is 68.4 Å². The second-order valence-electron chi connectivity index (χ2n) is 3.92. The van der Waals surface area contributed by atoms with Crippen molar-refractivity contribution in [1.29, 1.82) is 0 Å². The molecule has 0 aliphatic carbocycles. The minimum absolute atomic E-state index is 0.0130. The van der Waals surface area contributed by atoms with Crippen LogP contribution in [0.1, 0.15) is 21.5 Å². The molecule has 0 fully saturated rings. The van der Waals surface area contributed by atoms with Crippen molar-refractivity contribution in [2.24, 2.45) is 0 Å². The van der Waals surface area contributed by atoms with E-state index in [2.05, 4.69) is 15.9 Å². The Kier molecular flexibility index (Phi) is 3.83. The monoisotopic (exact) mass is 326 g/mol. The third kappa shape index (κ3) is 2.62. The Bertz CT molecular complexity index is 625. The molecule has 0 aromatic heterocycles. The van der Waals surface area contributed by atoms with Gasteiger partial charge in [0.05, 0.1) is 5.02 Å². The van der Waals surface area contributed by atoms with Gasteiger partial charge >= 0.3 is 0 Å². The van der Waals surface area contributed by atoms with Crippen molar-refractivity contribution in [1.82, 2.24) is 0 Å². The first kappa shape index (κ1) is 13.2. The van der Waals surface area contributed by atoms with E-state index in [4.69, 9.17) is 11.6 Å². The second-order valence-corrected chi connectivity index (χ2v) is 5.24. The molecule has 0 heterocycles. The Hall–Kier alpha value is -1.19. The zero-order valence-electron chi connectivity index (χ0n) is 9.51. The highest BCUT2D eigenvalue weighted by Gasteiger charge is 2.13. The first-order valence-electron chi connectivity index (χ1n) is 5.25. The predicted octanol–water partition coefficient (Wildman–Crippen LogP) is 4.78. The summed E-state index contributed by atoms with van der Waals surface area (Å²) < 4.78 is 14.2. The molecule has 2 aromatic carbocycles. The van der Waals surface area contributed by atoms with Gasteiger partial charge in [0.2, 0.25) is 0 Å². The normalized spacial score (nSPS) is 10.4. The Morgan fingerprint density at radius 2 is 1.94 bits per heavy atom. The van der Waals surface area contributed by atoms with Gasteiger partial charge in [0.1, 0.15) is 5.82 Å². The van der Waals surface area contributed by atoms with E-state index in [1.54, 1.807) is 12.1 Å². The van der Waals surface area contributed by atoms with Crippen molar-refractivity contribution in [2.75, 3.05) is 0 Å². The average molecular weight is 328 g/mol. The molecule has 0 N–H and O–H groups in total. The standard InChI is InChI=1S/C14H9BrClFO/c1-8-6-10(15)3-4-11(8)14(18)9-2-5-12(16)13(17)7-9/h2-7H,1H3. The van der Waals surface area contributed by atoms with Gasteiger partial charge in [-0.05, 0) is 48.9 Å². The third-order valence-corrected chi connectivity index (χ3v) is 3.41. The molecule has 4 heteroatoms. The first-order chi connectivity index (χ1) is 8.49. The molecule has 0 spiro atoms. The maximum atomic E-state index is 13.3. The zero-order chi connectivity index (χ0) is 13.3. The molecule has 0 atom stereocenters. The second kappa shape index (κ2) is 5.21. The molecule has 0 radical (unpaired) electrons. The van der Waals surface area contributed by atoms with E-state index in [1.807, 2.05) is 13.0 Å². The number of carbonyl (C=O) groups is 1. The molecule has 1 nitrogen and oxygen atoms in total. The van der Waals surface area contributed by atoms with Crippen molar-refractivity contribution < 1.29 is 9.18 Å². The van der Waals surface area contributed by atoms with E-state index in [-0.39, 0.29) is 10.8 Å². The highest BCUT2D eigenvalue weighted by molar-refractivity contribution is 9.10. The lowest BCUT2D eigenvalue weighted by Crippen LogP contribution is -2.04. The summed E-state index contributed by atoms with van der Waals surface area (Å²) in [4.78, 5) is 12.2. The summed E-state index contributed by atoms with van der Waals surface area (Å²) in [6, 6.07) is 9.42. The molecule has 0 saturated heterocycles. The van der Waals surface area contributed by atoms with Crippen LogP contribution >= 0.6 is 27.5 Å². The van der Waals surface area contributed by atoms with E-state index < -0.39 is 5.82 Å². The number of aryl methyl sites for hydroxylation is 1. The van der Waals surface area contributed by atoms with Gasteiger partial charge in [-0.25, -0.2) is 4.39 Å². The zero-order valence-corrected chi connectivity index (χ0v) is 11.8. The predicted molar refractivity (Wildman–Crippen MR) is 73.7 cm³/mol. The Balaban J connectivity index is 2.44. The lowest BCUT2D eigenvalue weighted by molar-refractivity contribution is 0.103. The number of ketones is 1. The summed E-state index contributed by atoms with van der Waals surface area (Å²) in [5.74, 6) is -0.798.